The summed E-state index contributed by atoms with van der Waals surface area (Å²) in [5, 5.41) is 0. The Morgan fingerprint density at radius 1 is 0.667 bits per heavy atom. The molecule has 2 amide bonds. The van der Waals surface area contributed by atoms with E-state index in [0.29, 0.717) is 64.6 Å². The summed E-state index contributed by atoms with van der Waals surface area (Å²) in [5.41, 5.74) is 9.98. The molecule has 2 heterocycles. The molecule has 6 rings (SSSR count). The summed E-state index contributed by atoms with van der Waals surface area (Å²) in [7, 11) is -2.98. The molecular formula is C63H97N2O12P. The zero-order chi connectivity index (χ0) is 58.8. The fraction of sp³-hybridized carbons (Fsp3) is 0.651. The van der Waals surface area contributed by atoms with Gasteiger partial charge in [0, 0.05) is 30.5 Å². The third-order valence-corrected chi connectivity index (χ3v) is 17.3. The molecule has 2 aromatic carbocycles. The number of hydrogen-bond donors (Lipinski definition) is 0. The largest absolute Gasteiger partial charge is 0.463 e. The first-order chi connectivity index (χ1) is 36.1. The number of benzene rings is 2. The average Bonchev–Trinajstić information content (AvgIpc) is 4.23. The molecule has 2 aliphatic carbocycles. The number of esters is 1. The number of rotatable bonds is 18. The molecule has 0 saturated heterocycles. The van der Waals surface area contributed by atoms with Crippen LogP contribution >= 0.6 is 7.60 Å². The van der Waals surface area contributed by atoms with Gasteiger partial charge in [-0.2, -0.15) is 0 Å². The van der Waals surface area contributed by atoms with E-state index in [1.807, 2.05) is 81.4 Å². The van der Waals surface area contributed by atoms with Crippen LogP contribution < -0.4 is 9.80 Å². The number of carbonyl (C=O) groups is 4. The van der Waals surface area contributed by atoms with Crippen LogP contribution in [0.1, 0.15) is 190 Å². The van der Waals surface area contributed by atoms with Crippen molar-refractivity contribution in [2.45, 2.75) is 203 Å². The molecular weight excluding hydrogens is 1010 g/mol. The van der Waals surface area contributed by atoms with Gasteiger partial charge in [0.1, 0.15) is 17.5 Å². The van der Waals surface area contributed by atoms with Crippen LogP contribution in [-0.4, -0.2) is 87.9 Å². The van der Waals surface area contributed by atoms with Gasteiger partial charge in [0.2, 0.25) is 0 Å². The fourth-order valence-electron chi connectivity index (χ4n) is 10.4. The second kappa shape index (κ2) is 26.8. The molecule has 2 fully saturated rings. The Labute approximate surface area is 468 Å². The summed E-state index contributed by atoms with van der Waals surface area (Å²) in [4.78, 5) is 61.9. The molecule has 14 nitrogen and oxygen atoms in total. The maximum atomic E-state index is 13.0. The van der Waals surface area contributed by atoms with Crippen LogP contribution in [0.25, 0.3) is 0 Å². The van der Waals surface area contributed by atoms with E-state index in [1.54, 1.807) is 23.6 Å². The van der Waals surface area contributed by atoms with E-state index in [9.17, 15) is 23.7 Å². The number of aryl methyl sites for hydroxylation is 2. The molecule has 4 aliphatic rings. The van der Waals surface area contributed by atoms with E-state index >= 15 is 0 Å². The minimum Gasteiger partial charge on any atom is -0.463 e. The lowest BCUT2D eigenvalue weighted by Gasteiger charge is -2.40. The maximum Gasteiger partial charge on any atom is 0.414 e. The topological polar surface area (TPSA) is 156 Å². The lowest BCUT2D eigenvalue weighted by Crippen LogP contribution is -2.43. The van der Waals surface area contributed by atoms with Crippen molar-refractivity contribution in [2.75, 3.05) is 62.1 Å². The SMILES string of the molecule is CCOC(=O)/C=C(C)/C=C/C1C[C@]1(C)c1cc2c(cc1C)N(C(=O)OC(C)(C)C)CCC2(C)C.CCOOCC/C=C(\C)CP(=O)(OCC)OCC.Cc1cc2c(cc1[C@@]1(C)CC1C=O)C(C)(C)CCN2C(=O)OC(C)(C)C. The molecule has 0 spiro atoms. The summed E-state index contributed by atoms with van der Waals surface area (Å²) in [6.45, 7) is 43.6. The van der Waals surface area contributed by atoms with Crippen molar-refractivity contribution in [3.63, 3.8) is 0 Å². The van der Waals surface area contributed by atoms with Crippen LogP contribution in [0.15, 0.2) is 59.7 Å². The van der Waals surface area contributed by atoms with Gasteiger partial charge in [-0.1, -0.05) is 77.5 Å². The summed E-state index contributed by atoms with van der Waals surface area (Å²) in [6.07, 6.45) is 13.0. The standard InChI is InChI=1S/C29H41NO4.C22H31NO3.C12H25O5P/c1-10-33-25(31)15-19(2)11-12-21-18-29(21,9)22-17-23-24(16-20(22)3)30(14-13-28(23,7)8)26(32)34-27(4,5)6;1-14-10-18-17(11-16(14)22(7)12-15(22)13-24)21(5,6)8-9-23(18)19(25)26-20(2,3)4;1-5-14-15-10-8-9-12(4)11-18(13,16-6-2)17-7-3/h11-12,15-17,21H,10,13-14,18H2,1-9H3;10-11,13,15H,8-9,12H2,1-7H3;9H,5-8,10-11H2,1-4H3/b12-11+,19-15+;;12-9+/t21?,29-;15?,22-;/m00./s1. The number of allylic oxidation sites excluding steroid dienone is 4. The van der Waals surface area contributed by atoms with Crippen molar-refractivity contribution in [1.82, 2.24) is 0 Å². The molecule has 78 heavy (non-hydrogen) atoms. The van der Waals surface area contributed by atoms with Crippen molar-refractivity contribution in [3.05, 3.63) is 93.1 Å². The third kappa shape index (κ3) is 17.7. The molecule has 0 aromatic heterocycles. The smallest absolute Gasteiger partial charge is 0.414 e. The Morgan fingerprint density at radius 3 is 1.54 bits per heavy atom. The minimum absolute atomic E-state index is 0.0157. The van der Waals surface area contributed by atoms with Gasteiger partial charge in [-0.05, 0) is 202 Å². The van der Waals surface area contributed by atoms with E-state index in [1.165, 1.54) is 33.9 Å². The Kier molecular flexibility index (Phi) is 22.6. The van der Waals surface area contributed by atoms with Gasteiger partial charge in [-0.3, -0.25) is 14.4 Å². The zero-order valence-corrected chi connectivity index (χ0v) is 52.2. The van der Waals surface area contributed by atoms with Gasteiger partial charge in [0.15, 0.2) is 0 Å². The molecule has 2 saturated carbocycles. The van der Waals surface area contributed by atoms with Crippen LogP contribution in [-0.2, 0) is 68.8 Å². The molecule has 436 valence electrons. The number of anilines is 2. The predicted octanol–water partition coefficient (Wildman–Crippen LogP) is 15.2. The van der Waals surface area contributed by atoms with E-state index in [2.05, 4.69) is 85.7 Å². The first kappa shape index (κ1) is 65.9. The molecule has 2 aliphatic heterocycles. The first-order valence-corrected chi connectivity index (χ1v) is 30.0. The molecule has 4 atom stereocenters. The van der Waals surface area contributed by atoms with Crippen LogP contribution in [0.3, 0.4) is 0 Å². The lowest BCUT2D eigenvalue weighted by atomic mass is 9.75. The minimum atomic E-state index is -2.98. The van der Waals surface area contributed by atoms with Crippen molar-refractivity contribution < 1.29 is 56.8 Å². The average molecular weight is 1110 g/mol. The number of aldehydes is 1. The van der Waals surface area contributed by atoms with Crippen molar-refractivity contribution in [1.29, 1.82) is 0 Å². The molecule has 2 aromatic rings. The van der Waals surface area contributed by atoms with Crippen LogP contribution in [0.2, 0.25) is 0 Å². The number of fused-ring (bicyclic) bond motifs is 2. The molecule has 0 bridgehead atoms. The van der Waals surface area contributed by atoms with Crippen molar-refractivity contribution in [2.24, 2.45) is 11.8 Å². The summed E-state index contributed by atoms with van der Waals surface area (Å²) in [5.74, 6) is 0.210. The second-order valence-corrected chi connectivity index (χ2v) is 27.2. The van der Waals surface area contributed by atoms with Crippen LogP contribution in [0, 0.1) is 25.7 Å². The highest BCUT2D eigenvalue weighted by atomic mass is 31.2. The van der Waals surface area contributed by atoms with Gasteiger partial charge in [0.25, 0.3) is 0 Å². The lowest BCUT2D eigenvalue weighted by molar-refractivity contribution is -0.290. The number of ether oxygens (including phenoxy) is 3. The highest BCUT2D eigenvalue weighted by Gasteiger charge is 2.53. The van der Waals surface area contributed by atoms with E-state index in [4.69, 9.17) is 33.0 Å². The molecule has 15 heteroatoms. The van der Waals surface area contributed by atoms with E-state index in [-0.39, 0.29) is 45.7 Å². The number of amides is 2. The zero-order valence-electron chi connectivity index (χ0n) is 51.3. The predicted molar refractivity (Wildman–Crippen MR) is 313 cm³/mol. The van der Waals surface area contributed by atoms with Gasteiger partial charge in [0.05, 0.1) is 50.6 Å². The highest BCUT2D eigenvalue weighted by molar-refractivity contribution is 7.54. The van der Waals surface area contributed by atoms with Gasteiger partial charge < -0.3 is 28.1 Å². The summed E-state index contributed by atoms with van der Waals surface area (Å²) < 4.78 is 39.0. The first-order valence-electron chi connectivity index (χ1n) is 28.2. The van der Waals surface area contributed by atoms with Crippen molar-refractivity contribution in [3.8, 4) is 0 Å². The van der Waals surface area contributed by atoms with Gasteiger partial charge >= 0.3 is 25.8 Å². The number of nitrogens with zero attached hydrogens (tertiary/aromatic N) is 2. The number of hydrogen-bond acceptors (Lipinski definition) is 12. The molecule has 2 unspecified atom stereocenters. The number of carbonyl (C=O) groups excluding carboxylic acids is 4. The van der Waals surface area contributed by atoms with E-state index in [0.717, 1.165) is 60.1 Å². The Bertz CT molecular complexity index is 2570. The van der Waals surface area contributed by atoms with Gasteiger partial charge in [-0.25, -0.2) is 24.2 Å². The molecule has 0 N–H and O–H groups in total. The Balaban J connectivity index is 0.000000266. The van der Waals surface area contributed by atoms with Crippen LogP contribution in [0.5, 0.6) is 0 Å². The van der Waals surface area contributed by atoms with Crippen LogP contribution in [0.4, 0.5) is 21.0 Å². The quantitative estimate of drug-likeness (QED) is 0.0133. The highest BCUT2D eigenvalue weighted by Crippen LogP contribution is 2.58. The van der Waals surface area contributed by atoms with E-state index < -0.39 is 18.8 Å². The second-order valence-electron chi connectivity index (χ2n) is 25.2. The Hall–Kier alpha value is -4.59. The summed E-state index contributed by atoms with van der Waals surface area (Å²) in [6, 6.07) is 8.85. The summed E-state index contributed by atoms with van der Waals surface area (Å²) >= 11 is 0. The maximum absolute atomic E-state index is 13.0. The molecule has 0 radical (unpaired) electrons. The Morgan fingerprint density at radius 2 is 1.13 bits per heavy atom. The third-order valence-electron chi connectivity index (χ3n) is 15.1. The normalized spacial score (nSPS) is 22.5. The monoisotopic (exact) mass is 1100 g/mol. The fourth-order valence-corrected chi connectivity index (χ4v) is 12.2. The van der Waals surface area contributed by atoms with Gasteiger partial charge in [-0.15, -0.1) is 0 Å². The van der Waals surface area contributed by atoms with Crippen molar-refractivity contribution >= 4 is 43.4 Å².